The number of carbonyl (C=O) groups excluding carboxylic acids is 2. The average molecular weight is 738 g/mol. The normalized spacial score (nSPS) is 18.7. The van der Waals surface area contributed by atoms with E-state index in [0.717, 1.165) is 68.3 Å². The third-order valence-electron chi connectivity index (χ3n) is 11.1. The molecule has 0 aliphatic carbocycles. The number of ether oxygens (including phenoxy) is 1. The Morgan fingerprint density at radius 1 is 0.944 bits per heavy atom. The van der Waals surface area contributed by atoms with Crippen LogP contribution in [0.4, 0.5) is 16.3 Å². The van der Waals surface area contributed by atoms with Gasteiger partial charge >= 0.3 is 6.03 Å². The number of ketones is 1. The van der Waals surface area contributed by atoms with Gasteiger partial charge in [-0.15, -0.1) is 0 Å². The first-order valence-corrected chi connectivity index (χ1v) is 19.4. The Bertz CT molecular complexity index is 2110. The van der Waals surface area contributed by atoms with Crippen LogP contribution < -0.4 is 15.4 Å². The Morgan fingerprint density at radius 3 is 2.44 bits per heavy atom. The lowest BCUT2D eigenvalue weighted by atomic mass is 9.93. The summed E-state index contributed by atoms with van der Waals surface area (Å²) in [6.45, 7) is 12.6. The van der Waals surface area contributed by atoms with E-state index in [9.17, 15) is 14.7 Å². The van der Waals surface area contributed by atoms with Crippen molar-refractivity contribution in [1.29, 1.82) is 0 Å². The summed E-state index contributed by atoms with van der Waals surface area (Å²) in [4.78, 5) is 37.0. The van der Waals surface area contributed by atoms with Crippen LogP contribution in [0.1, 0.15) is 93.3 Å². The van der Waals surface area contributed by atoms with Gasteiger partial charge in [-0.25, -0.2) is 9.69 Å². The summed E-state index contributed by atoms with van der Waals surface area (Å²) in [7, 11) is 0. The van der Waals surface area contributed by atoms with Crippen molar-refractivity contribution in [3.8, 4) is 5.75 Å². The molecule has 13 heteroatoms. The number of aliphatic hydroxyl groups is 1. The van der Waals surface area contributed by atoms with Gasteiger partial charge in [-0.2, -0.15) is 0 Å². The topological polar surface area (TPSA) is 152 Å². The second-order valence-corrected chi connectivity index (χ2v) is 16.1. The number of urea groups is 1. The summed E-state index contributed by atoms with van der Waals surface area (Å²) in [6.07, 6.45) is 7.19. The number of hydrogen-bond donors (Lipinski definition) is 4. The van der Waals surface area contributed by atoms with Gasteiger partial charge in [0.15, 0.2) is 11.6 Å². The summed E-state index contributed by atoms with van der Waals surface area (Å²) in [5.41, 5.74) is 2.96. The van der Waals surface area contributed by atoms with Crippen LogP contribution in [0.2, 0.25) is 0 Å². The van der Waals surface area contributed by atoms with E-state index < -0.39 is 12.4 Å². The van der Waals surface area contributed by atoms with E-state index in [4.69, 9.17) is 13.7 Å². The summed E-state index contributed by atoms with van der Waals surface area (Å²) in [5, 5.41) is 22.3. The molecule has 2 amide bonds. The number of fused-ring (bicyclic) bond motifs is 2. The molecule has 1 unspecified atom stereocenters. The number of rotatable bonds is 10. The molecule has 13 nitrogen and oxygen atoms in total. The molecule has 286 valence electrons. The molecule has 2 aromatic carbocycles. The number of aromatic nitrogens is 2. The Morgan fingerprint density at radius 2 is 1.70 bits per heavy atom. The van der Waals surface area contributed by atoms with Gasteiger partial charge in [0.2, 0.25) is 5.78 Å². The van der Waals surface area contributed by atoms with Gasteiger partial charge in [0, 0.05) is 64.7 Å². The SMILES string of the molecule is CC(C)(C)c1cc(NC(=O)Nc2ccc3oc(C(=O)c4cc5c(CN6CCCC6)c(OC(O)N6CCC(N7CCCCC7)CC6)ccc5[nH]4)cc3c2)no1. The van der Waals surface area contributed by atoms with Crippen molar-refractivity contribution in [2.75, 3.05) is 49.9 Å². The Kier molecular flexibility index (Phi) is 10.2. The number of hydrogen-bond acceptors (Lipinski definition) is 10. The van der Waals surface area contributed by atoms with Crippen LogP contribution in [0.25, 0.3) is 21.9 Å². The number of nitrogens with zero attached hydrogens (tertiary/aromatic N) is 4. The maximum atomic E-state index is 13.9. The number of benzene rings is 2. The summed E-state index contributed by atoms with van der Waals surface area (Å²) in [5.74, 6) is 1.49. The molecule has 4 N–H and O–H groups in total. The van der Waals surface area contributed by atoms with Crippen LogP contribution in [0.15, 0.2) is 57.5 Å². The zero-order valence-electron chi connectivity index (χ0n) is 31.5. The molecule has 3 fully saturated rings. The molecule has 5 aromatic rings. The van der Waals surface area contributed by atoms with E-state index in [2.05, 4.69) is 30.6 Å². The molecule has 54 heavy (non-hydrogen) atoms. The van der Waals surface area contributed by atoms with Crippen molar-refractivity contribution in [1.82, 2.24) is 24.8 Å². The first kappa shape index (κ1) is 36.3. The first-order valence-electron chi connectivity index (χ1n) is 19.4. The van der Waals surface area contributed by atoms with Crippen LogP contribution in [0.5, 0.6) is 5.75 Å². The first-order chi connectivity index (χ1) is 26.1. The summed E-state index contributed by atoms with van der Waals surface area (Å²) < 4.78 is 17.7. The standard InChI is InChI=1S/C41H51N7O6/c1-41(2,3)36-24-37(45-54-36)44-39(50)42-27-9-11-33-26(21-27)22-35(52-33)38(49)32-23-29-30(25-46-15-7-8-16-46)34(12-10-31(29)43-32)53-40(51)48-19-13-28(14-20-48)47-17-5-4-6-18-47/h9-12,21-24,28,40,43,51H,4-8,13-20,25H2,1-3H3,(H2,42,44,45,50). The third kappa shape index (κ3) is 7.90. The van der Waals surface area contributed by atoms with E-state index in [1.54, 1.807) is 30.3 Å². The summed E-state index contributed by atoms with van der Waals surface area (Å²) in [6, 6.07) is 14.4. The number of aliphatic hydroxyl groups excluding tert-OH is 1. The highest BCUT2D eigenvalue weighted by Crippen LogP contribution is 2.34. The molecule has 3 aliphatic rings. The molecular formula is C41H51N7O6. The Hall–Kier alpha value is -4.69. The number of likely N-dealkylation sites (tertiary alicyclic amines) is 3. The lowest BCUT2D eigenvalue weighted by Crippen LogP contribution is -2.50. The third-order valence-corrected chi connectivity index (χ3v) is 11.1. The quantitative estimate of drug-likeness (QED) is 0.0851. The molecule has 3 aliphatic heterocycles. The molecular weight excluding hydrogens is 686 g/mol. The van der Waals surface area contributed by atoms with Crippen molar-refractivity contribution >= 4 is 45.2 Å². The molecule has 6 heterocycles. The molecule has 3 aromatic heterocycles. The van der Waals surface area contributed by atoms with E-state index >= 15 is 0 Å². The minimum Gasteiger partial charge on any atom is -0.453 e. The molecule has 1 atom stereocenters. The predicted octanol–water partition coefficient (Wildman–Crippen LogP) is 7.28. The van der Waals surface area contributed by atoms with Gasteiger partial charge in [0.05, 0.1) is 5.69 Å². The fraction of sp³-hybridized carbons (Fsp3) is 0.488. The van der Waals surface area contributed by atoms with Crippen molar-refractivity contribution < 1.29 is 28.4 Å². The van der Waals surface area contributed by atoms with E-state index in [1.165, 1.54) is 32.4 Å². The zero-order valence-corrected chi connectivity index (χ0v) is 31.5. The van der Waals surface area contributed by atoms with Crippen LogP contribution >= 0.6 is 0 Å². The van der Waals surface area contributed by atoms with Gasteiger partial charge in [-0.1, -0.05) is 32.3 Å². The second kappa shape index (κ2) is 15.2. The monoisotopic (exact) mass is 737 g/mol. The van der Waals surface area contributed by atoms with Crippen molar-refractivity contribution in [3.05, 3.63) is 71.3 Å². The second-order valence-electron chi connectivity index (χ2n) is 16.1. The number of anilines is 2. The molecule has 0 spiro atoms. The van der Waals surface area contributed by atoms with Crippen LogP contribution in [-0.4, -0.2) is 93.5 Å². The summed E-state index contributed by atoms with van der Waals surface area (Å²) >= 11 is 0. The highest BCUT2D eigenvalue weighted by atomic mass is 16.6. The fourth-order valence-electron chi connectivity index (χ4n) is 8.08. The number of furan rings is 1. The van der Waals surface area contributed by atoms with E-state index in [1.807, 2.05) is 43.9 Å². The Balaban J connectivity index is 0.973. The number of H-pyrrole nitrogens is 1. The van der Waals surface area contributed by atoms with E-state index in [0.29, 0.717) is 52.3 Å². The zero-order chi connectivity index (χ0) is 37.4. The highest BCUT2D eigenvalue weighted by molar-refractivity contribution is 6.11. The van der Waals surface area contributed by atoms with Gasteiger partial charge in [0.25, 0.3) is 6.41 Å². The van der Waals surface area contributed by atoms with E-state index in [-0.39, 0.29) is 17.0 Å². The number of piperidine rings is 2. The number of amides is 2. The predicted molar refractivity (Wildman–Crippen MR) is 207 cm³/mol. The van der Waals surface area contributed by atoms with Gasteiger partial charge in [-0.3, -0.25) is 15.0 Å². The maximum absolute atomic E-state index is 13.9. The maximum Gasteiger partial charge on any atom is 0.324 e. The van der Waals surface area contributed by atoms with Crippen molar-refractivity contribution in [2.24, 2.45) is 0 Å². The minimum absolute atomic E-state index is 0.177. The van der Waals surface area contributed by atoms with Gasteiger partial charge < -0.3 is 34.0 Å². The van der Waals surface area contributed by atoms with Crippen LogP contribution in [0, 0.1) is 0 Å². The van der Waals surface area contributed by atoms with Crippen LogP contribution in [-0.2, 0) is 12.0 Å². The molecule has 0 radical (unpaired) electrons. The Labute approximate surface area is 314 Å². The van der Waals surface area contributed by atoms with Gasteiger partial charge in [0.1, 0.15) is 17.1 Å². The largest absolute Gasteiger partial charge is 0.453 e. The van der Waals surface area contributed by atoms with Crippen molar-refractivity contribution in [2.45, 2.75) is 90.1 Å². The average Bonchev–Trinajstić information content (AvgIpc) is 3.99. The van der Waals surface area contributed by atoms with Gasteiger partial charge in [-0.05, 0) is 107 Å². The smallest absolute Gasteiger partial charge is 0.324 e. The molecule has 0 saturated carbocycles. The van der Waals surface area contributed by atoms with Crippen LogP contribution in [0.3, 0.4) is 0 Å². The molecule has 0 bridgehead atoms. The lowest BCUT2D eigenvalue weighted by Gasteiger charge is -2.41. The highest BCUT2D eigenvalue weighted by Gasteiger charge is 2.30. The fourth-order valence-corrected chi connectivity index (χ4v) is 8.08. The molecule has 3 saturated heterocycles. The minimum atomic E-state index is -1.05. The number of aromatic amines is 1. The number of nitrogens with one attached hydrogen (secondary N) is 3. The molecule has 8 rings (SSSR count). The lowest BCUT2D eigenvalue weighted by molar-refractivity contribution is -0.146. The number of carbonyl (C=O) groups is 2. The van der Waals surface area contributed by atoms with Crippen molar-refractivity contribution in [3.63, 3.8) is 0 Å².